The van der Waals surface area contributed by atoms with Crippen LogP contribution in [0.15, 0.2) is 41.0 Å². The fraction of sp³-hybridized carbons (Fsp3) is 0. The van der Waals surface area contributed by atoms with Crippen LogP contribution in [-0.2, 0) is 0 Å². The molecular weight excluding hydrogens is 318 g/mol. The Bertz CT molecular complexity index is 604. The van der Waals surface area contributed by atoms with Crippen molar-refractivity contribution in [2.45, 2.75) is 0 Å². The number of nitrogens with one attached hydrogen (secondary N) is 1. The van der Waals surface area contributed by atoms with Gasteiger partial charge in [-0.1, -0.05) is 27.5 Å². The van der Waals surface area contributed by atoms with E-state index in [4.69, 9.17) is 17.3 Å². The molecule has 0 bridgehead atoms. The van der Waals surface area contributed by atoms with Gasteiger partial charge in [-0.25, -0.2) is 4.98 Å². The van der Waals surface area contributed by atoms with Gasteiger partial charge in [0.1, 0.15) is 0 Å². The zero-order valence-electron chi connectivity index (χ0n) is 9.15. The van der Waals surface area contributed by atoms with Gasteiger partial charge in [-0.15, -0.1) is 0 Å². The zero-order valence-corrected chi connectivity index (χ0v) is 11.5. The van der Waals surface area contributed by atoms with E-state index in [0.717, 1.165) is 4.47 Å². The molecule has 2 rings (SSSR count). The molecule has 0 saturated carbocycles. The summed E-state index contributed by atoms with van der Waals surface area (Å²) in [7, 11) is 0. The summed E-state index contributed by atoms with van der Waals surface area (Å²) in [4.78, 5) is 15.9. The van der Waals surface area contributed by atoms with Crippen molar-refractivity contribution in [2.75, 3.05) is 11.1 Å². The molecule has 0 radical (unpaired) electrons. The van der Waals surface area contributed by atoms with Crippen LogP contribution >= 0.6 is 27.5 Å². The predicted octanol–water partition coefficient (Wildman–Crippen LogP) is 3.33. The third-order valence-corrected chi connectivity index (χ3v) is 3.05. The van der Waals surface area contributed by atoms with Gasteiger partial charge in [0.2, 0.25) is 0 Å². The topological polar surface area (TPSA) is 68.0 Å². The van der Waals surface area contributed by atoms with Crippen LogP contribution in [0, 0.1) is 0 Å². The average molecular weight is 327 g/mol. The SMILES string of the molecule is Nc1cccnc1C(=O)Nc1cc(Br)ccc1Cl. The Morgan fingerprint density at radius 2 is 2.17 bits per heavy atom. The van der Waals surface area contributed by atoms with Crippen molar-refractivity contribution < 1.29 is 4.79 Å². The molecule has 0 aliphatic heterocycles. The maximum absolute atomic E-state index is 12.0. The highest BCUT2D eigenvalue weighted by Crippen LogP contribution is 2.26. The van der Waals surface area contributed by atoms with Crippen LogP contribution in [0.4, 0.5) is 11.4 Å². The number of carbonyl (C=O) groups is 1. The highest BCUT2D eigenvalue weighted by Gasteiger charge is 2.12. The molecule has 2 aromatic rings. The van der Waals surface area contributed by atoms with Gasteiger partial charge in [-0.3, -0.25) is 4.79 Å². The number of amides is 1. The lowest BCUT2D eigenvalue weighted by Gasteiger charge is -2.08. The summed E-state index contributed by atoms with van der Waals surface area (Å²) in [5.74, 6) is -0.395. The number of nitrogens with zero attached hydrogens (tertiary/aromatic N) is 1. The molecule has 0 aliphatic rings. The van der Waals surface area contributed by atoms with E-state index in [9.17, 15) is 4.79 Å². The van der Waals surface area contributed by atoms with Crippen LogP contribution in [-0.4, -0.2) is 10.9 Å². The van der Waals surface area contributed by atoms with E-state index in [2.05, 4.69) is 26.2 Å². The summed E-state index contributed by atoms with van der Waals surface area (Å²) in [5, 5.41) is 3.11. The molecular formula is C12H9BrClN3O. The smallest absolute Gasteiger partial charge is 0.276 e. The molecule has 1 aromatic carbocycles. The minimum atomic E-state index is -0.395. The van der Waals surface area contributed by atoms with E-state index in [0.29, 0.717) is 16.4 Å². The van der Waals surface area contributed by atoms with Gasteiger partial charge in [0.05, 0.1) is 16.4 Å². The molecule has 0 atom stereocenters. The quantitative estimate of drug-likeness (QED) is 0.889. The second kappa shape index (κ2) is 5.37. The van der Waals surface area contributed by atoms with E-state index in [1.807, 2.05) is 0 Å². The molecule has 0 aliphatic carbocycles. The Labute approximate surface area is 117 Å². The number of hydrogen-bond donors (Lipinski definition) is 2. The first-order valence-electron chi connectivity index (χ1n) is 5.05. The summed E-state index contributed by atoms with van der Waals surface area (Å²) in [6.07, 6.45) is 1.51. The summed E-state index contributed by atoms with van der Waals surface area (Å²) >= 11 is 9.29. The number of rotatable bonds is 2. The Balaban J connectivity index is 2.27. The predicted molar refractivity (Wildman–Crippen MR) is 75.8 cm³/mol. The van der Waals surface area contributed by atoms with Gasteiger partial charge in [0, 0.05) is 10.7 Å². The summed E-state index contributed by atoms with van der Waals surface area (Å²) in [5.41, 5.74) is 6.67. The van der Waals surface area contributed by atoms with Gasteiger partial charge < -0.3 is 11.1 Å². The van der Waals surface area contributed by atoms with Crippen LogP contribution in [0.25, 0.3) is 0 Å². The van der Waals surface area contributed by atoms with Crippen molar-refractivity contribution in [3.8, 4) is 0 Å². The normalized spacial score (nSPS) is 10.1. The van der Waals surface area contributed by atoms with Crippen LogP contribution in [0.3, 0.4) is 0 Å². The first-order valence-corrected chi connectivity index (χ1v) is 6.22. The third-order valence-electron chi connectivity index (χ3n) is 2.23. The van der Waals surface area contributed by atoms with E-state index >= 15 is 0 Å². The molecule has 0 saturated heterocycles. The molecule has 0 spiro atoms. The number of aromatic nitrogens is 1. The summed E-state index contributed by atoms with van der Waals surface area (Å²) in [6.45, 7) is 0. The molecule has 3 N–H and O–H groups in total. The molecule has 6 heteroatoms. The van der Waals surface area contributed by atoms with Gasteiger partial charge in [0.25, 0.3) is 5.91 Å². The highest BCUT2D eigenvalue weighted by molar-refractivity contribution is 9.10. The van der Waals surface area contributed by atoms with E-state index in [-0.39, 0.29) is 5.69 Å². The van der Waals surface area contributed by atoms with Gasteiger partial charge in [0.15, 0.2) is 5.69 Å². The lowest BCUT2D eigenvalue weighted by atomic mass is 10.2. The molecule has 92 valence electrons. The monoisotopic (exact) mass is 325 g/mol. The van der Waals surface area contributed by atoms with Crippen molar-refractivity contribution in [2.24, 2.45) is 0 Å². The molecule has 0 unspecified atom stereocenters. The van der Waals surface area contributed by atoms with Crippen LogP contribution in [0.5, 0.6) is 0 Å². The van der Waals surface area contributed by atoms with Crippen molar-refractivity contribution in [1.82, 2.24) is 4.98 Å². The van der Waals surface area contributed by atoms with Crippen LogP contribution in [0.1, 0.15) is 10.5 Å². The van der Waals surface area contributed by atoms with E-state index in [1.54, 1.807) is 30.3 Å². The minimum Gasteiger partial charge on any atom is -0.397 e. The van der Waals surface area contributed by atoms with Gasteiger partial charge >= 0.3 is 0 Å². The number of hydrogen-bond acceptors (Lipinski definition) is 3. The Morgan fingerprint density at radius 3 is 2.89 bits per heavy atom. The number of nitrogens with two attached hydrogens (primary N) is 1. The Kier molecular flexibility index (Phi) is 3.84. The third kappa shape index (κ3) is 2.80. The van der Waals surface area contributed by atoms with Gasteiger partial charge in [-0.05, 0) is 30.3 Å². The van der Waals surface area contributed by atoms with Gasteiger partial charge in [-0.2, -0.15) is 0 Å². The number of carbonyl (C=O) groups excluding carboxylic acids is 1. The van der Waals surface area contributed by atoms with Crippen molar-refractivity contribution in [3.05, 3.63) is 51.7 Å². The maximum Gasteiger partial charge on any atom is 0.276 e. The molecule has 4 nitrogen and oxygen atoms in total. The van der Waals surface area contributed by atoms with E-state index in [1.165, 1.54) is 6.20 Å². The van der Waals surface area contributed by atoms with Crippen molar-refractivity contribution >= 4 is 44.8 Å². The lowest BCUT2D eigenvalue weighted by Crippen LogP contribution is -2.15. The zero-order chi connectivity index (χ0) is 13.1. The molecule has 1 aromatic heterocycles. The fourth-order valence-electron chi connectivity index (χ4n) is 1.38. The maximum atomic E-state index is 12.0. The number of nitrogen functional groups attached to an aromatic ring is 1. The average Bonchev–Trinajstić information content (AvgIpc) is 2.34. The van der Waals surface area contributed by atoms with Crippen molar-refractivity contribution in [3.63, 3.8) is 0 Å². The largest absolute Gasteiger partial charge is 0.397 e. The van der Waals surface area contributed by atoms with Crippen LogP contribution in [0.2, 0.25) is 5.02 Å². The minimum absolute atomic E-state index is 0.175. The Hall–Kier alpha value is -1.59. The number of pyridine rings is 1. The molecule has 18 heavy (non-hydrogen) atoms. The molecule has 1 heterocycles. The summed E-state index contributed by atoms with van der Waals surface area (Å²) in [6, 6.07) is 8.46. The number of halogens is 2. The van der Waals surface area contributed by atoms with E-state index < -0.39 is 5.91 Å². The lowest BCUT2D eigenvalue weighted by molar-refractivity contribution is 0.102. The first-order chi connectivity index (χ1) is 8.58. The molecule has 1 amide bonds. The van der Waals surface area contributed by atoms with Crippen molar-refractivity contribution in [1.29, 1.82) is 0 Å². The number of benzene rings is 1. The second-order valence-electron chi connectivity index (χ2n) is 3.52. The fourth-order valence-corrected chi connectivity index (χ4v) is 1.91. The number of anilines is 2. The second-order valence-corrected chi connectivity index (χ2v) is 4.84. The standard InChI is InChI=1S/C12H9BrClN3O/c13-7-3-4-8(14)10(6-7)17-12(18)11-9(15)2-1-5-16-11/h1-6H,15H2,(H,17,18). The Morgan fingerprint density at radius 1 is 1.39 bits per heavy atom. The first kappa shape index (κ1) is 12.9. The molecule has 0 fully saturated rings. The van der Waals surface area contributed by atoms with Crippen LogP contribution < -0.4 is 11.1 Å². The summed E-state index contributed by atoms with van der Waals surface area (Å²) < 4.78 is 0.816. The highest BCUT2D eigenvalue weighted by atomic mass is 79.9.